The summed E-state index contributed by atoms with van der Waals surface area (Å²) in [6.07, 6.45) is 4.59. The number of carboxylic acid groups (broad SMARTS) is 1. The van der Waals surface area contributed by atoms with Gasteiger partial charge in [-0.25, -0.2) is 0 Å². The summed E-state index contributed by atoms with van der Waals surface area (Å²) in [7, 11) is 0. The number of hydrogen-bond acceptors (Lipinski definition) is 5. The van der Waals surface area contributed by atoms with Crippen molar-refractivity contribution in [3.8, 4) is 0 Å². The highest BCUT2D eigenvalue weighted by Crippen LogP contribution is 2.59. The van der Waals surface area contributed by atoms with Gasteiger partial charge < -0.3 is 19.2 Å². The maximum absolute atomic E-state index is 13.3. The SMILES string of the molecule is C[C@@H]1C(=O)C[C@H](c2ccco2)N2C(=O)[C@H]3[C@@H](C(=O)O)[C@H]4C=C[C@@]3(O4)[C@H]12. The van der Waals surface area contributed by atoms with Crippen LogP contribution in [-0.4, -0.2) is 45.4 Å². The Morgan fingerprint density at radius 1 is 1.40 bits per heavy atom. The lowest BCUT2D eigenvalue weighted by Gasteiger charge is -2.43. The normalized spacial score (nSPS) is 44.3. The molecule has 2 bridgehead atoms. The number of Topliss-reactive ketones (excluding diaryl/α,β-unsaturated/α-hetero) is 1. The van der Waals surface area contributed by atoms with Crippen LogP contribution in [0.15, 0.2) is 35.0 Å². The van der Waals surface area contributed by atoms with Crippen LogP contribution in [0.1, 0.15) is 25.1 Å². The van der Waals surface area contributed by atoms with Crippen molar-refractivity contribution in [1.82, 2.24) is 4.90 Å². The Kier molecular flexibility index (Phi) is 2.74. The molecule has 25 heavy (non-hydrogen) atoms. The molecule has 5 heterocycles. The van der Waals surface area contributed by atoms with E-state index in [1.54, 1.807) is 36.1 Å². The van der Waals surface area contributed by atoms with Crippen LogP contribution in [-0.2, 0) is 19.1 Å². The Labute approximate surface area is 143 Å². The van der Waals surface area contributed by atoms with Gasteiger partial charge in [0.05, 0.1) is 30.4 Å². The fraction of sp³-hybridized carbons (Fsp3) is 0.500. The smallest absolute Gasteiger partial charge is 0.310 e. The second kappa shape index (κ2) is 4.60. The van der Waals surface area contributed by atoms with Gasteiger partial charge in [-0.15, -0.1) is 0 Å². The zero-order chi connectivity index (χ0) is 17.5. The third-order valence-corrected chi connectivity index (χ3v) is 6.24. The molecule has 1 amide bonds. The van der Waals surface area contributed by atoms with E-state index in [1.165, 1.54) is 6.26 Å². The summed E-state index contributed by atoms with van der Waals surface area (Å²) in [5.74, 6) is -2.85. The lowest BCUT2D eigenvalue weighted by atomic mass is 9.71. The Bertz CT molecular complexity index is 814. The molecule has 5 rings (SSSR count). The van der Waals surface area contributed by atoms with E-state index in [-0.39, 0.29) is 18.1 Å². The number of piperidine rings is 1. The van der Waals surface area contributed by atoms with Crippen molar-refractivity contribution >= 4 is 17.7 Å². The van der Waals surface area contributed by atoms with Crippen LogP contribution < -0.4 is 0 Å². The van der Waals surface area contributed by atoms with Gasteiger partial charge in [0.25, 0.3) is 0 Å². The van der Waals surface area contributed by atoms with Crippen molar-refractivity contribution in [2.45, 2.75) is 37.1 Å². The molecule has 130 valence electrons. The van der Waals surface area contributed by atoms with E-state index in [9.17, 15) is 19.5 Å². The second-order valence-electron chi connectivity index (χ2n) is 7.32. The van der Waals surface area contributed by atoms with E-state index < -0.39 is 47.5 Å². The lowest BCUT2D eigenvalue weighted by Crippen LogP contribution is -2.55. The summed E-state index contributed by atoms with van der Waals surface area (Å²) in [5, 5.41) is 9.63. The molecule has 1 spiro atoms. The van der Waals surface area contributed by atoms with E-state index in [0.717, 1.165) is 0 Å². The molecule has 0 aliphatic carbocycles. The highest BCUT2D eigenvalue weighted by molar-refractivity contribution is 5.95. The number of fused-ring (bicyclic) bond motifs is 2. The first-order valence-corrected chi connectivity index (χ1v) is 8.44. The van der Waals surface area contributed by atoms with Crippen LogP contribution in [0.4, 0.5) is 0 Å². The van der Waals surface area contributed by atoms with E-state index in [4.69, 9.17) is 9.15 Å². The first-order valence-electron chi connectivity index (χ1n) is 8.44. The molecule has 0 saturated carbocycles. The van der Waals surface area contributed by atoms with Crippen LogP contribution in [0.3, 0.4) is 0 Å². The minimum absolute atomic E-state index is 0.0321. The van der Waals surface area contributed by atoms with E-state index in [2.05, 4.69) is 0 Å². The Morgan fingerprint density at radius 2 is 2.20 bits per heavy atom. The topological polar surface area (TPSA) is 97.1 Å². The maximum Gasteiger partial charge on any atom is 0.310 e. The van der Waals surface area contributed by atoms with Crippen LogP contribution in [0.2, 0.25) is 0 Å². The fourth-order valence-corrected chi connectivity index (χ4v) is 5.25. The molecular weight excluding hydrogens is 326 g/mol. The monoisotopic (exact) mass is 343 g/mol. The van der Waals surface area contributed by atoms with Gasteiger partial charge in [-0.2, -0.15) is 0 Å². The first kappa shape index (κ1) is 14.9. The number of hydrogen-bond donors (Lipinski definition) is 1. The molecule has 4 aliphatic heterocycles. The van der Waals surface area contributed by atoms with E-state index in [0.29, 0.717) is 5.76 Å². The largest absolute Gasteiger partial charge is 0.481 e. The fourth-order valence-electron chi connectivity index (χ4n) is 5.25. The van der Waals surface area contributed by atoms with Crippen molar-refractivity contribution in [1.29, 1.82) is 0 Å². The quantitative estimate of drug-likeness (QED) is 0.810. The molecule has 1 aromatic rings. The summed E-state index contributed by atoms with van der Waals surface area (Å²) >= 11 is 0. The molecule has 3 fully saturated rings. The first-order chi connectivity index (χ1) is 12.0. The van der Waals surface area contributed by atoms with Gasteiger partial charge in [0.2, 0.25) is 5.91 Å². The molecule has 7 atom stereocenters. The predicted octanol–water partition coefficient (Wildman–Crippen LogP) is 1.16. The summed E-state index contributed by atoms with van der Waals surface area (Å²) in [4.78, 5) is 39.3. The molecule has 0 radical (unpaired) electrons. The molecule has 4 aliphatic rings. The van der Waals surface area contributed by atoms with Gasteiger partial charge in [0.1, 0.15) is 23.1 Å². The van der Waals surface area contributed by atoms with Crippen LogP contribution in [0, 0.1) is 17.8 Å². The molecule has 0 unspecified atom stereocenters. The molecule has 1 N–H and O–H groups in total. The second-order valence-corrected chi connectivity index (χ2v) is 7.32. The number of carbonyl (C=O) groups excluding carboxylic acids is 2. The summed E-state index contributed by atoms with van der Waals surface area (Å²) in [6, 6.07) is 2.44. The molecule has 1 aromatic heterocycles. The predicted molar refractivity (Wildman–Crippen MR) is 82.2 cm³/mol. The van der Waals surface area contributed by atoms with Gasteiger partial charge in [0, 0.05) is 12.3 Å². The van der Waals surface area contributed by atoms with Gasteiger partial charge in [-0.3, -0.25) is 14.4 Å². The van der Waals surface area contributed by atoms with Crippen LogP contribution in [0.25, 0.3) is 0 Å². The van der Waals surface area contributed by atoms with Crippen LogP contribution in [0.5, 0.6) is 0 Å². The molecular formula is C18H17NO6. The number of nitrogens with zero attached hydrogens (tertiary/aromatic N) is 1. The number of carbonyl (C=O) groups is 3. The molecule has 0 aromatic carbocycles. The Balaban J connectivity index is 1.67. The van der Waals surface area contributed by atoms with Crippen molar-refractivity contribution in [3.05, 3.63) is 36.3 Å². The summed E-state index contributed by atoms with van der Waals surface area (Å²) in [6.45, 7) is 1.79. The number of ketones is 1. The number of furan rings is 1. The minimum atomic E-state index is -1.04. The molecule has 7 heteroatoms. The van der Waals surface area contributed by atoms with Crippen molar-refractivity contribution in [2.24, 2.45) is 17.8 Å². The van der Waals surface area contributed by atoms with E-state index >= 15 is 0 Å². The highest BCUT2D eigenvalue weighted by atomic mass is 16.5. The van der Waals surface area contributed by atoms with Crippen LogP contribution >= 0.6 is 0 Å². The molecule has 3 saturated heterocycles. The number of aliphatic carboxylic acids is 1. The van der Waals surface area contributed by atoms with Crippen molar-refractivity contribution < 1.29 is 28.6 Å². The van der Waals surface area contributed by atoms with Crippen molar-refractivity contribution in [3.63, 3.8) is 0 Å². The number of carboxylic acids is 1. The van der Waals surface area contributed by atoms with Gasteiger partial charge >= 0.3 is 5.97 Å². The number of ether oxygens (including phenoxy) is 1. The third kappa shape index (κ3) is 1.62. The average Bonchev–Trinajstić information content (AvgIpc) is 3.32. The standard InChI is InChI=1S/C18H17NO6/c1-8-10(20)7-9(11-3-2-6-24-11)19-15(8)18-5-4-12(25-18)13(17(22)23)14(18)16(19)21/h2-6,8-9,12-15H,7H2,1H3,(H,22,23)/t8-,9-,12-,13+,14-,15+,18+/m1/s1. The van der Waals surface area contributed by atoms with Gasteiger partial charge in [0.15, 0.2) is 0 Å². The average molecular weight is 343 g/mol. The minimum Gasteiger partial charge on any atom is -0.481 e. The maximum atomic E-state index is 13.3. The Hall–Kier alpha value is -2.41. The number of rotatable bonds is 2. The Morgan fingerprint density at radius 3 is 2.88 bits per heavy atom. The van der Waals surface area contributed by atoms with E-state index in [1.807, 2.05) is 0 Å². The van der Waals surface area contributed by atoms with Gasteiger partial charge in [-0.1, -0.05) is 19.1 Å². The summed E-state index contributed by atoms with van der Waals surface area (Å²) in [5.41, 5.74) is -1.04. The zero-order valence-corrected chi connectivity index (χ0v) is 13.5. The lowest BCUT2D eigenvalue weighted by molar-refractivity contribution is -0.152. The molecule has 7 nitrogen and oxygen atoms in total. The third-order valence-electron chi connectivity index (χ3n) is 6.24. The number of amides is 1. The highest BCUT2D eigenvalue weighted by Gasteiger charge is 2.74. The van der Waals surface area contributed by atoms with Gasteiger partial charge in [-0.05, 0) is 12.1 Å². The zero-order valence-electron chi connectivity index (χ0n) is 13.5. The van der Waals surface area contributed by atoms with Crippen molar-refractivity contribution in [2.75, 3.05) is 0 Å². The summed E-state index contributed by atoms with van der Waals surface area (Å²) < 4.78 is 11.5.